The van der Waals surface area contributed by atoms with Crippen molar-refractivity contribution in [2.45, 2.75) is 25.8 Å². The Morgan fingerprint density at radius 2 is 2.10 bits per heavy atom. The van der Waals surface area contributed by atoms with Gasteiger partial charge in [0.25, 0.3) is 5.91 Å². The number of benzene rings is 1. The molecule has 0 bridgehead atoms. The third-order valence-corrected chi connectivity index (χ3v) is 3.50. The number of aliphatic hydroxyl groups is 1. The van der Waals surface area contributed by atoms with Gasteiger partial charge >= 0.3 is 5.97 Å². The molecular formula is C16H19NO4. The molecule has 0 radical (unpaired) electrons. The number of hydrogen-bond donors (Lipinski definition) is 2. The number of rotatable bonds is 6. The number of amides is 1. The molecule has 1 aromatic rings. The Morgan fingerprint density at radius 1 is 1.38 bits per heavy atom. The lowest BCUT2D eigenvalue weighted by atomic mass is 10.0. The number of carbonyl (C=O) groups is 2. The summed E-state index contributed by atoms with van der Waals surface area (Å²) < 4.78 is 0. The molecule has 0 aromatic heterocycles. The predicted molar refractivity (Wildman–Crippen MR) is 79.0 cm³/mol. The summed E-state index contributed by atoms with van der Waals surface area (Å²) in [5.41, 5.74) is 2.07. The van der Waals surface area contributed by atoms with Crippen LogP contribution in [0.4, 0.5) is 0 Å². The second-order valence-electron chi connectivity index (χ2n) is 5.20. The van der Waals surface area contributed by atoms with Crippen LogP contribution in [0.25, 0.3) is 6.08 Å². The number of nitrogens with zero attached hydrogens (tertiary/aromatic N) is 1. The van der Waals surface area contributed by atoms with Gasteiger partial charge in [0.1, 0.15) is 0 Å². The summed E-state index contributed by atoms with van der Waals surface area (Å²) in [5.74, 6) is -1.13. The Kier molecular flexibility index (Phi) is 4.75. The molecule has 1 fully saturated rings. The van der Waals surface area contributed by atoms with E-state index in [2.05, 4.69) is 0 Å². The van der Waals surface area contributed by atoms with Crippen LogP contribution in [0.2, 0.25) is 0 Å². The summed E-state index contributed by atoms with van der Waals surface area (Å²) in [5, 5.41) is 17.8. The average Bonchev–Trinajstić information content (AvgIpc) is 3.27. The quantitative estimate of drug-likeness (QED) is 0.781. The van der Waals surface area contributed by atoms with Crippen LogP contribution < -0.4 is 0 Å². The molecule has 0 aliphatic heterocycles. The Morgan fingerprint density at radius 3 is 2.67 bits per heavy atom. The predicted octanol–water partition coefficient (Wildman–Crippen LogP) is 1.69. The van der Waals surface area contributed by atoms with E-state index in [1.165, 1.54) is 6.08 Å². The summed E-state index contributed by atoms with van der Waals surface area (Å²) in [7, 11) is 0. The molecule has 2 N–H and O–H groups in total. The SMILES string of the molecule is Cc1ccc(C=CC(=O)O)cc1C(=O)N(CCO)C1CC1. The normalized spacial score (nSPS) is 14.4. The van der Waals surface area contributed by atoms with Crippen LogP contribution in [-0.4, -0.2) is 46.2 Å². The van der Waals surface area contributed by atoms with E-state index in [4.69, 9.17) is 10.2 Å². The van der Waals surface area contributed by atoms with Gasteiger partial charge < -0.3 is 15.1 Å². The zero-order valence-electron chi connectivity index (χ0n) is 12.0. The van der Waals surface area contributed by atoms with Crippen molar-refractivity contribution in [1.82, 2.24) is 4.90 Å². The van der Waals surface area contributed by atoms with Gasteiger partial charge in [-0.3, -0.25) is 4.79 Å². The van der Waals surface area contributed by atoms with Crippen molar-refractivity contribution < 1.29 is 19.8 Å². The minimum atomic E-state index is -1.02. The topological polar surface area (TPSA) is 77.8 Å². The molecule has 0 spiro atoms. The molecule has 112 valence electrons. The van der Waals surface area contributed by atoms with Gasteiger partial charge in [-0.1, -0.05) is 12.1 Å². The number of carboxylic acid groups (broad SMARTS) is 1. The van der Waals surface area contributed by atoms with Gasteiger partial charge in [0.2, 0.25) is 0 Å². The van der Waals surface area contributed by atoms with Crippen molar-refractivity contribution >= 4 is 18.0 Å². The molecule has 1 aromatic carbocycles. The van der Waals surface area contributed by atoms with Gasteiger partial charge in [-0.2, -0.15) is 0 Å². The van der Waals surface area contributed by atoms with Crippen molar-refractivity contribution in [1.29, 1.82) is 0 Å². The molecule has 1 saturated carbocycles. The number of aliphatic carboxylic acids is 1. The highest BCUT2D eigenvalue weighted by molar-refractivity contribution is 5.97. The standard InChI is InChI=1S/C16H19NO4/c1-11-2-3-12(4-7-15(19)20)10-14(11)16(21)17(8-9-18)13-5-6-13/h2-4,7,10,13,18H,5-6,8-9H2,1H3,(H,19,20). The minimum Gasteiger partial charge on any atom is -0.478 e. The van der Waals surface area contributed by atoms with E-state index in [1.807, 2.05) is 6.92 Å². The maximum Gasteiger partial charge on any atom is 0.328 e. The Bertz CT molecular complexity index is 576. The van der Waals surface area contributed by atoms with Crippen LogP contribution in [0, 0.1) is 6.92 Å². The lowest BCUT2D eigenvalue weighted by molar-refractivity contribution is -0.131. The zero-order chi connectivity index (χ0) is 15.4. The Hall–Kier alpha value is -2.14. The van der Waals surface area contributed by atoms with Crippen LogP contribution in [-0.2, 0) is 4.79 Å². The van der Waals surface area contributed by atoms with E-state index >= 15 is 0 Å². The number of carboxylic acids is 1. The van der Waals surface area contributed by atoms with E-state index in [1.54, 1.807) is 23.1 Å². The van der Waals surface area contributed by atoms with Crippen LogP contribution in [0.5, 0.6) is 0 Å². The molecule has 1 aliphatic carbocycles. The maximum absolute atomic E-state index is 12.6. The molecule has 5 nitrogen and oxygen atoms in total. The van der Waals surface area contributed by atoms with Crippen molar-refractivity contribution in [3.8, 4) is 0 Å². The first-order valence-corrected chi connectivity index (χ1v) is 6.96. The monoisotopic (exact) mass is 289 g/mol. The third kappa shape index (κ3) is 3.92. The number of aryl methyl sites for hydroxylation is 1. The van der Waals surface area contributed by atoms with E-state index < -0.39 is 5.97 Å². The summed E-state index contributed by atoms with van der Waals surface area (Å²) in [6.07, 6.45) is 4.46. The van der Waals surface area contributed by atoms with E-state index in [9.17, 15) is 9.59 Å². The molecule has 0 saturated heterocycles. The fourth-order valence-electron chi connectivity index (χ4n) is 2.24. The first-order valence-electron chi connectivity index (χ1n) is 6.96. The van der Waals surface area contributed by atoms with Gasteiger partial charge in [0.15, 0.2) is 0 Å². The van der Waals surface area contributed by atoms with Gasteiger partial charge in [-0.25, -0.2) is 4.79 Å². The van der Waals surface area contributed by atoms with Crippen molar-refractivity contribution in [2.24, 2.45) is 0 Å². The molecule has 21 heavy (non-hydrogen) atoms. The van der Waals surface area contributed by atoms with E-state index in [0.717, 1.165) is 24.5 Å². The average molecular weight is 289 g/mol. The molecule has 1 amide bonds. The number of hydrogen-bond acceptors (Lipinski definition) is 3. The summed E-state index contributed by atoms with van der Waals surface area (Å²) in [6.45, 7) is 2.12. The summed E-state index contributed by atoms with van der Waals surface area (Å²) in [6, 6.07) is 5.50. The molecular weight excluding hydrogens is 270 g/mol. The maximum atomic E-state index is 12.6. The van der Waals surface area contributed by atoms with Crippen molar-refractivity contribution in [2.75, 3.05) is 13.2 Å². The highest BCUT2D eigenvalue weighted by Gasteiger charge is 2.33. The third-order valence-electron chi connectivity index (χ3n) is 3.50. The lowest BCUT2D eigenvalue weighted by Crippen LogP contribution is -2.35. The van der Waals surface area contributed by atoms with Crippen molar-refractivity contribution in [3.63, 3.8) is 0 Å². The summed E-state index contributed by atoms with van der Waals surface area (Å²) in [4.78, 5) is 24.9. The molecule has 5 heteroatoms. The lowest BCUT2D eigenvalue weighted by Gasteiger charge is -2.22. The van der Waals surface area contributed by atoms with Crippen molar-refractivity contribution in [3.05, 3.63) is 41.0 Å². The Balaban J connectivity index is 2.26. The second-order valence-corrected chi connectivity index (χ2v) is 5.20. The molecule has 1 aliphatic rings. The highest BCUT2D eigenvalue weighted by atomic mass is 16.4. The fraction of sp³-hybridized carbons (Fsp3) is 0.375. The number of aliphatic hydroxyl groups excluding tert-OH is 1. The molecule has 0 atom stereocenters. The molecule has 0 heterocycles. The summed E-state index contributed by atoms with van der Waals surface area (Å²) >= 11 is 0. The largest absolute Gasteiger partial charge is 0.478 e. The number of carbonyl (C=O) groups excluding carboxylic acids is 1. The zero-order valence-corrected chi connectivity index (χ0v) is 12.0. The second kappa shape index (κ2) is 6.54. The smallest absolute Gasteiger partial charge is 0.328 e. The van der Waals surface area contributed by atoms with Crippen LogP contribution in [0.15, 0.2) is 24.3 Å². The van der Waals surface area contributed by atoms with Crippen LogP contribution >= 0.6 is 0 Å². The Labute approximate surface area is 123 Å². The van der Waals surface area contributed by atoms with Gasteiger partial charge in [-0.05, 0) is 43.0 Å². The van der Waals surface area contributed by atoms with Gasteiger partial charge in [0.05, 0.1) is 6.61 Å². The molecule has 0 unspecified atom stereocenters. The minimum absolute atomic E-state index is 0.0557. The first-order chi connectivity index (χ1) is 10.0. The highest BCUT2D eigenvalue weighted by Crippen LogP contribution is 2.28. The van der Waals surface area contributed by atoms with E-state index in [-0.39, 0.29) is 18.6 Å². The van der Waals surface area contributed by atoms with Crippen LogP contribution in [0.1, 0.15) is 34.3 Å². The van der Waals surface area contributed by atoms with Crippen LogP contribution in [0.3, 0.4) is 0 Å². The van der Waals surface area contributed by atoms with Gasteiger partial charge in [0, 0.05) is 24.2 Å². The van der Waals surface area contributed by atoms with E-state index in [0.29, 0.717) is 17.7 Å². The molecule has 2 rings (SSSR count). The van der Waals surface area contributed by atoms with Gasteiger partial charge in [-0.15, -0.1) is 0 Å². The first kappa shape index (κ1) is 15.3. The fourth-order valence-corrected chi connectivity index (χ4v) is 2.24.